The number of carbonyl (C=O) groups excluding carboxylic acids is 4. The molecule has 0 spiro atoms. The van der Waals surface area contributed by atoms with Crippen molar-refractivity contribution < 1.29 is 59.1 Å². The molecule has 0 aliphatic rings. The predicted octanol–water partition coefficient (Wildman–Crippen LogP) is 3.28. The van der Waals surface area contributed by atoms with Gasteiger partial charge in [0.15, 0.2) is 0 Å². The van der Waals surface area contributed by atoms with Gasteiger partial charge in [-0.1, -0.05) is 55.4 Å². The summed E-state index contributed by atoms with van der Waals surface area (Å²) in [6.45, 7) is 25.6. The second-order valence-electron chi connectivity index (χ2n) is 11.8. The van der Waals surface area contributed by atoms with Crippen LogP contribution >= 0.6 is 0 Å². The summed E-state index contributed by atoms with van der Waals surface area (Å²) in [5, 5.41) is 20.5. The van der Waals surface area contributed by atoms with Gasteiger partial charge < -0.3 is 19.8 Å². The van der Waals surface area contributed by atoms with Crippen LogP contribution in [0, 0.1) is 22.7 Å². The van der Waals surface area contributed by atoms with E-state index in [1.165, 1.54) is 13.8 Å². The molecule has 2 unspecified atom stereocenters. The van der Waals surface area contributed by atoms with Gasteiger partial charge in [0.05, 0.1) is 23.8 Å². The summed E-state index contributed by atoms with van der Waals surface area (Å²) in [7, 11) is 0. The van der Waals surface area contributed by atoms with Crippen molar-refractivity contribution in [3.05, 3.63) is 0 Å². The molecule has 35 heavy (non-hydrogen) atoms. The molecule has 0 rings (SSSR count). The average molecular weight is 580 g/mol. The first-order chi connectivity index (χ1) is 15.4. The van der Waals surface area contributed by atoms with E-state index in [1.54, 1.807) is 41.5 Å². The molecule has 0 heterocycles. The van der Waals surface area contributed by atoms with Crippen LogP contribution in [0.15, 0.2) is 0 Å². The number of ketones is 2. The Balaban J connectivity index is -0.000000441. The number of carboxylic acids is 2. The minimum absolute atomic E-state index is 0.00990. The van der Waals surface area contributed by atoms with E-state index >= 15 is 0 Å². The van der Waals surface area contributed by atoms with Crippen molar-refractivity contribution in [3.8, 4) is 0 Å². The molecular weight excluding hydrogens is 532 g/mol. The van der Waals surface area contributed by atoms with Gasteiger partial charge in [-0.3, -0.25) is 9.59 Å². The summed E-state index contributed by atoms with van der Waals surface area (Å²) >= 11 is -1.09. The Morgan fingerprint density at radius 1 is 0.629 bits per heavy atom. The first kappa shape index (κ1) is 38.6. The van der Waals surface area contributed by atoms with Gasteiger partial charge in [-0.05, 0) is 0 Å². The SMILES string of the molecule is CC(C(=O)[O-])C(=O)C(C)(C)C.CC(C(=O)[O-])C(=O)C(C)(C)C.CCC(C)(C)[O][Zr+2][O]C(C)(C)CC. The Kier molecular flexibility index (Phi) is 17.7. The quantitative estimate of drug-likeness (QED) is 0.360. The van der Waals surface area contributed by atoms with Crippen molar-refractivity contribution in [3.63, 3.8) is 0 Å². The fourth-order valence-corrected chi connectivity index (χ4v) is 3.82. The predicted molar refractivity (Wildman–Crippen MR) is 128 cm³/mol. The molecule has 0 saturated heterocycles. The third-order valence-corrected chi connectivity index (χ3v) is 8.44. The standard InChI is InChI=1S/2C8H14O3.2C5H11O.Zr/c2*1-5(7(10)11)6(9)8(2,3)4;2*1-4-5(2,3)6;/h2*5H,1-4H3,(H,10,11);2*4H2,1-3H3;/q;;2*-1;+4/p-2. The molecule has 2 atom stereocenters. The monoisotopic (exact) mass is 578 g/mol. The molecule has 0 aliphatic carbocycles. The summed E-state index contributed by atoms with van der Waals surface area (Å²) in [4.78, 5) is 42.9. The van der Waals surface area contributed by atoms with E-state index in [1.807, 2.05) is 0 Å². The van der Waals surface area contributed by atoms with E-state index in [4.69, 9.17) is 5.63 Å². The van der Waals surface area contributed by atoms with Crippen LogP contribution in [0.2, 0.25) is 0 Å². The van der Waals surface area contributed by atoms with E-state index in [0.29, 0.717) is 0 Å². The fourth-order valence-electron chi connectivity index (χ4n) is 1.90. The summed E-state index contributed by atoms with van der Waals surface area (Å²) < 4.78 is 11.5. The Labute approximate surface area is 225 Å². The van der Waals surface area contributed by atoms with Gasteiger partial charge in [0.1, 0.15) is 11.6 Å². The molecular formula is C26H48O8Zr. The first-order valence-corrected chi connectivity index (χ1v) is 14.0. The number of carboxylic acid groups (broad SMARTS) is 2. The van der Waals surface area contributed by atoms with E-state index in [9.17, 15) is 29.4 Å². The number of hydrogen-bond acceptors (Lipinski definition) is 8. The molecule has 0 saturated carbocycles. The van der Waals surface area contributed by atoms with Crippen LogP contribution in [0.3, 0.4) is 0 Å². The van der Waals surface area contributed by atoms with Crippen LogP contribution in [-0.2, 0) is 48.9 Å². The Morgan fingerprint density at radius 3 is 0.971 bits per heavy atom. The number of aliphatic carboxylic acids is 2. The van der Waals surface area contributed by atoms with Crippen molar-refractivity contribution in [2.45, 2.75) is 121 Å². The molecule has 0 fully saturated rings. The van der Waals surface area contributed by atoms with Crippen molar-refractivity contribution in [1.82, 2.24) is 0 Å². The summed E-state index contributed by atoms with van der Waals surface area (Å²) in [6, 6.07) is 0. The molecule has 0 amide bonds. The summed E-state index contributed by atoms with van der Waals surface area (Å²) in [5.41, 5.74) is -1.18. The van der Waals surface area contributed by atoms with Gasteiger partial charge in [0.2, 0.25) is 0 Å². The number of hydrogen-bond donors (Lipinski definition) is 0. The molecule has 0 aromatic rings. The third kappa shape index (κ3) is 18.9. The average Bonchev–Trinajstić information content (AvgIpc) is 2.70. The van der Waals surface area contributed by atoms with Crippen LogP contribution in [-0.4, -0.2) is 34.7 Å². The zero-order valence-corrected chi connectivity index (χ0v) is 26.8. The van der Waals surface area contributed by atoms with Crippen molar-refractivity contribution >= 4 is 23.5 Å². The normalized spacial score (nSPS) is 13.7. The molecule has 9 heteroatoms. The van der Waals surface area contributed by atoms with Gasteiger partial charge in [-0.2, -0.15) is 0 Å². The first-order valence-electron chi connectivity index (χ1n) is 12.0. The Morgan fingerprint density at radius 2 is 0.857 bits per heavy atom. The minimum atomic E-state index is -1.30. The molecule has 0 radical (unpaired) electrons. The maximum atomic E-state index is 11.2. The van der Waals surface area contributed by atoms with E-state index < -0.39 is 58.7 Å². The Bertz CT molecular complexity index is 626. The zero-order valence-electron chi connectivity index (χ0n) is 24.3. The molecule has 0 aliphatic heterocycles. The zero-order chi connectivity index (χ0) is 29.0. The molecule has 204 valence electrons. The van der Waals surface area contributed by atoms with Gasteiger partial charge >= 0.3 is 95.3 Å². The van der Waals surface area contributed by atoms with E-state index in [-0.39, 0.29) is 22.8 Å². The number of carbonyl (C=O) groups is 4. The van der Waals surface area contributed by atoms with Gasteiger partial charge in [0, 0.05) is 10.8 Å². The number of rotatable bonds is 10. The van der Waals surface area contributed by atoms with Crippen molar-refractivity contribution in [2.24, 2.45) is 22.7 Å². The van der Waals surface area contributed by atoms with Crippen LogP contribution in [0.1, 0.15) is 110 Å². The summed E-state index contributed by atoms with van der Waals surface area (Å²) in [6.07, 6.45) is 2.09. The van der Waals surface area contributed by atoms with Gasteiger partial charge in [0.25, 0.3) is 0 Å². The molecule has 0 aromatic carbocycles. The number of Topliss-reactive ketones (excluding diaryl/α,β-unsaturated/α-hetero) is 2. The topological polar surface area (TPSA) is 133 Å². The van der Waals surface area contributed by atoms with Crippen LogP contribution in [0.5, 0.6) is 0 Å². The maximum absolute atomic E-state index is 11.2. The molecule has 0 bridgehead atoms. The second-order valence-corrected chi connectivity index (χ2v) is 13.2. The Hall–Kier alpha value is -0.917. The third-order valence-electron chi connectivity index (χ3n) is 5.31. The summed E-state index contributed by atoms with van der Waals surface area (Å²) in [5.74, 6) is -5.20. The van der Waals surface area contributed by atoms with Crippen LogP contribution < -0.4 is 10.2 Å². The van der Waals surface area contributed by atoms with E-state index in [2.05, 4.69) is 41.5 Å². The molecule has 0 N–H and O–H groups in total. The molecule has 8 nitrogen and oxygen atoms in total. The van der Waals surface area contributed by atoms with Crippen LogP contribution in [0.25, 0.3) is 0 Å². The second kappa shape index (κ2) is 16.0. The van der Waals surface area contributed by atoms with Crippen LogP contribution in [0.4, 0.5) is 0 Å². The van der Waals surface area contributed by atoms with E-state index in [0.717, 1.165) is 12.8 Å². The van der Waals surface area contributed by atoms with Gasteiger partial charge in [-0.25, -0.2) is 0 Å². The van der Waals surface area contributed by atoms with Crippen molar-refractivity contribution in [2.75, 3.05) is 0 Å². The fraction of sp³-hybridized carbons (Fsp3) is 0.846. The molecule has 0 aromatic heterocycles. The van der Waals surface area contributed by atoms with Gasteiger partial charge in [-0.15, -0.1) is 0 Å². The van der Waals surface area contributed by atoms with Crippen molar-refractivity contribution in [1.29, 1.82) is 0 Å².